The van der Waals surface area contributed by atoms with Crippen LogP contribution in [0.25, 0.3) is 0 Å². The fourth-order valence-electron chi connectivity index (χ4n) is 1.16. The summed E-state index contributed by atoms with van der Waals surface area (Å²) in [6.07, 6.45) is 0. The van der Waals surface area contributed by atoms with E-state index in [9.17, 15) is 4.79 Å². The summed E-state index contributed by atoms with van der Waals surface area (Å²) in [7, 11) is 0. The number of nitrogens with two attached hydrogens (primary N) is 1. The summed E-state index contributed by atoms with van der Waals surface area (Å²) in [6.45, 7) is 4.24. The van der Waals surface area contributed by atoms with E-state index in [0.717, 1.165) is 11.3 Å². The van der Waals surface area contributed by atoms with Crippen molar-refractivity contribution in [3.8, 4) is 0 Å². The van der Waals surface area contributed by atoms with Crippen LogP contribution in [0.2, 0.25) is 5.02 Å². The zero-order valence-electron chi connectivity index (χ0n) is 8.88. The van der Waals surface area contributed by atoms with E-state index in [1.807, 2.05) is 25.1 Å². The summed E-state index contributed by atoms with van der Waals surface area (Å²) < 4.78 is 0. The second-order valence-electron chi connectivity index (χ2n) is 3.60. The Morgan fingerprint density at radius 2 is 2.27 bits per heavy atom. The lowest BCUT2D eigenvalue weighted by Gasteiger charge is -2.13. The Morgan fingerprint density at radius 1 is 1.60 bits per heavy atom. The smallest absolute Gasteiger partial charge is 0.222 e. The molecule has 1 rings (SSSR count). The molecule has 4 heteroatoms. The van der Waals surface area contributed by atoms with Crippen LogP contribution in [-0.2, 0) is 4.79 Å². The second-order valence-corrected chi connectivity index (χ2v) is 4.00. The van der Waals surface area contributed by atoms with Crippen molar-refractivity contribution in [3.05, 3.63) is 28.8 Å². The Labute approximate surface area is 94.6 Å². The lowest BCUT2D eigenvalue weighted by atomic mass is 10.1. The molecule has 3 N–H and O–H groups in total. The second kappa shape index (κ2) is 5.03. The van der Waals surface area contributed by atoms with Crippen LogP contribution < -0.4 is 11.1 Å². The number of anilines is 1. The van der Waals surface area contributed by atoms with Crippen molar-refractivity contribution in [2.45, 2.75) is 13.8 Å². The van der Waals surface area contributed by atoms with Gasteiger partial charge < -0.3 is 11.1 Å². The zero-order valence-corrected chi connectivity index (χ0v) is 9.64. The van der Waals surface area contributed by atoms with Crippen molar-refractivity contribution in [1.82, 2.24) is 0 Å². The van der Waals surface area contributed by atoms with E-state index in [2.05, 4.69) is 5.32 Å². The number of rotatable bonds is 4. The third-order valence-corrected chi connectivity index (χ3v) is 2.76. The van der Waals surface area contributed by atoms with Crippen molar-refractivity contribution in [2.24, 2.45) is 11.7 Å². The number of amides is 1. The summed E-state index contributed by atoms with van der Waals surface area (Å²) in [6, 6.07) is 5.63. The summed E-state index contributed by atoms with van der Waals surface area (Å²) in [5.74, 6) is -0.495. The molecule has 1 amide bonds. The van der Waals surface area contributed by atoms with Gasteiger partial charge in [-0.3, -0.25) is 4.79 Å². The standard InChI is InChI=1S/C11H15ClN2O/c1-7(11(13)15)6-14-10-5-3-4-9(12)8(10)2/h3-5,7,14H,6H2,1-2H3,(H2,13,15). The molecule has 0 spiro atoms. The summed E-state index contributed by atoms with van der Waals surface area (Å²) in [5, 5.41) is 3.86. The quantitative estimate of drug-likeness (QED) is 0.827. The number of benzene rings is 1. The van der Waals surface area contributed by atoms with Crippen LogP contribution in [0.3, 0.4) is 0 Å². The Hall–Kier alpha value is -1.22. The highest BCUT2D eigenvalue weighted by molar-refractivity contribution is 6.31. The lowest BCUT2D eigenvalue weighted by molar-refractivity contribution is -0.120. The van der Waals surface area contributed by atoms with E-state index in [4.69, 9.17) is 17.3 Å². The van der Waals surface area contributed by atoms with E-state index in [1.54, 1.807) is 6.92 Å². The van der Waals surface area contributed by atoms with Gasteiger partial charge in [0.15, 0.2) is 0 Å². The molecule has 82 valence electrons. The fraction of sp³-hybridized carbons (Fsp3) is 0.364. The predicted octanol–water partition coefficient (Wildman–Crippen LogP) is 2.18. The van der Waals surface area contributed by atoms with Crippen molar-refractivity contribution >= 4 is 23.2 Å². The minimum Gasteiger partial charge on any atom is -0.384 e. The van der Waals surface area contributed by atoms with Gasteiger partial charge in [0.1, 0.15) is 0 Å². The first kappa shape index (κ1) is 11.9. The highest BCUT2D eigenvalue weighted by atomic mass is 35.5. The highest BCUT2D eigenvalue weighted by Gasteiger charge is 2.09. The number of nitrogens with one attached hydrogen (secondary N) is 1. The molecule has 1 aromatic carbocycles. The van der Waals surface area contributed by atoms with Gasteiger partial charge in [0.05, 0.1) is 5.92 Å². The first-order chi connectivity index (χ1) is 7.02. The number of carbonyl (C=O) groups excluding carboxylic acids is 1. The molecule has 0 aliphatic carbocycles. The molecule has 0 aliphatic heterocycles. The number of hydrogen-bond donors (Lipinski definition) is 2. The number of hydrogen-bond acceptors (Lipinski definition) is 2. The Morgan fingerprint density at radius 3 is 2.87 bits per heavy atom. The van der Waals surface area contributed by atoms with E-state index in [0.29, 0.717) is 11.6 Å². The van der Waals surface area contributed by atoms with Crippen molar-refractivity contribution in [3.63, 3.8) is 0 Å². The van der Waals surface area contributed by atoms with Crippen molar-refractivity contribution in [1.29, 1.82) is 0 Å². The first-order valence-corrected chi connectivity index (χ1v) is 5.18. The van der Waals surface area contributed by atoms with Crippen LogP contribution in [0, 0.1) is 12.8 Å². The predicted molar refractivity (Wildman–Crippen MR) is 63.0 cm³/mol. The lowest BCUT2D eigenvalue weighted by Crippen LogP contribution is -2.26. The van der Waals surface area contributed by atoms with Gasteiger partial charge >= 0.3 is 0 Å². The maximum absolute atomic E-state index is 10.8. The first-order valence-electron chi connectivity index (χ1n) is 4.80. The third-order valence-electron chi connectivity index (χ3n) is 2.35. The molecule has 0 saturated carbocycles. The van der Waals surface area contributed by atoms with Gasteiger partial charge in [-0.05, 0) is 24.6 Å². The van der Waals surface area contributed by atoms with E-state index in [1.165, 1.54) is 0 Å². The third kappa shape index (κ3) is 3.13. The van der Waals surface area contributed by atoms with Crippen LogP contribution in [0.4, 0.5) is 5.69 Å². The maximum atomic E-state index is 10.8. The number of primary amides is 1. The molecule has 0 saturated heterocycles. The molecule has 3 nitrogen and oxygen atoms in total. The van der Waals surface area contributed by atoms with E-state index in [-0.39, 0.29) is 11.8 Å². The van der Waals surface area contributed by atoms with E-state index >= 15 is 0 Å². The zero-order chi connectivity index (χ0) is 11.4. The molecule has 15 heavy (non-hydrogen) atoms. The molecular formula is C11H15ClN2O. The largest absolute Gasteiger partial charge is 0.384 e. The SMILES string of the molecule is Cc1c(Cl)cccc1NCC(C)C(N)=O. The van der Waals surface area contributed by atoms with Gasteiger partial charge in [-0.25, -0.2) is 0 Å². The normalized spacial score (nSPS) is 12.2. The molecule has 0 aromatic heterocycles. The minimum absolute atomic E-state index is 0.191. The summed E-state index contributed by atoms with van der Waals surface area (Å²) in [4.78, 5) is 10.8. The molecule has 0 radical (unpaired) electrons. The van der Waals surface area contributed by atoms with E-state index < -0.39 is 0 Å². The summed E-state index contributed by atoms with van der Waals surface area (Å²) in [5.41, 5.74) is 7.09. The molecular weight excluding hydrogens is 212 g/mol. The average Bonchev–Trinajstić information content (AvgIpc) is 2.19. The Bertz CT molecular complexity index is 366. The molecule has 0 fully saturated rings. The van der Waals surface area contributed by atoms with Crippen LogP contribution in [0.1, 0.15) is 12.5 Å². The van der Waals surface area contributed by atoms with Gasteiger partial charge in [-0.2, -0.15) is 0 Å². The maximum Gasteiger partial charge on any atom is 0.222 e. The number of halogens is 1. The van der Waals surface area contributed by atoms with Gasteiger partial charge in [-0.15, -0.1) is 0 Å². The molecule has 0 bridgehead atoms. The minimum atomic E-state index is -0.304. The van der Waals surface area contributed by atoms with Gasteiger partial charge in [0.25, 0.3) is 0 Å². The van der Waals surface area contributed by atoms with Gasteiger partial charge in [0, 0.05) is 17.3 Å². The molecule has 1 atom stereocenters. The number of carbonyl (C=O) groups is 1. The molecule has 1 unspecified atom stereocenters. The topological polar surface area (TPSA) is 55.1 Å². The summed E-state index contributed by atoms with van der Waals surface area (Å²) >= 11 is 5.96. The molecule has 0 aliphatic rings. The monoisotopic (exact) mass is 226 g/mol. The van der Waals surface area contributed by atoms with Crippen LogP contribution in [0.5, 0.6) is 0 Å². The highest BCUT2D eigenvalue weighted by Crippen LogP contribution is 2.22. The Kier molecular flexibility index (Phi) is 3.97. The van der Waals surface area contributed by atoms with Crippen LogP contribution in [0.15, 0.2) is 18.2 Å². The molecule has 1 aromatic rings. The van der Waals surface area contributed by atoms with Gasteiger partial charge in [-0.1, -0.05) is 24.6 Å². The van der Waals surface area contributed by atoms with Crippen LogP contribution in [-0.4, -0.2) is 12.5 Å². The van der Waals surface area contributed by atoms with Crippen molar-refractivity contribution < 1.29 is 4.79 Å². The van der Waals surface area contributed by atoms with Crippen LogP contribution >= 0.6 is 11.6 Å². The molecule has 0 heterocycles. The van der Waals surface area contributed by atoms with Crippen molar-refractivity contribution in [2.75, 3.05) is 11.9 Å². The average molecular weight is 227 g/mol. The van der Waals surface area contributed by atoms with Gasteiger partial charge in [0.2, 0.25) is 5.91 Å². The fourth-order valence-corrected chi connectivity index (χ4v) is 1.34. The Balaban J connectivity index is 2.66.